The van der Waals surface area contributed by atoms with Gasteiger partial charge in [-0.3, -0.25) is 14.4 Å². The normalized spacial score (nSPS) is 10.1. The lowest BCUT2D eigenvalue weighted by molar-refractivity contribution is -0.116. The largest absolute Gasteiger partial charge is 0.326 e. The fourth-order valence-electron chi connectivity index (χ4n) is 2.77. The van der Waals surface area contributed by atoms with Gasteiger partial charge < -0.3 is 15.6 Å². The number of anilines is 2. The third-order valence-electron chi connectivity index (χ3n) is 4.30. The van der Waals surface area contributed by atoms with E-state index in [1.165, 1.54) is 0 Å². The molecule has 0 aliphatic carbocycles. The molecule has 7 heteroatoms. The minimum atomic E-state index is -0.407. The third-order valence-corrected chi connectivity index (χ3v) is 4.30. The summed E-state index contributed by atoms with van der Waals surface area (Å²) in [5, 5.41) is 14.6. The molecule has 0 atom stereocenters. The minimum absolute atomic E-state index is 0.0739. The standard InChI is InChI=1S/C20H22N4O3/c1-4-18(25)23-14-5-7-15(8-6-14)24-19(26)10-9-16-12(2)17(11-21)20(27)22-13(16)3/h5-8H,4,9-10H2,1-3H3,(H,22,27)(H,23,25)(H,24,26). The number of nitrogens with one attached hydrogen (secondary N) is 3. The molecule has 0 saturated carbocycles. The molecule has 27 heavy (non-hydrogen) atoms. The molecule has 0 aliphatic rings. The van der Waals surface area contributed by atoms with E-state index in [0.29, 0.717) is 35.5 Å². The second-order valence-corrected chi connectivity index (χ2v) is 6.20. The molecule has 0 fully saturated rings. The maximum Gasteiger partial charge on any atom is 0.266 e. The summed E-state index contributed by atoms with van der Waals surface area (Å²) in [5.74, 6) is -0.251. The van der Waals surface area contributed by atoms with Crippen LogP contribution in [-0.2, 0) is 16.0 Å². The highest BCUT2D eigenvalue weighted by atomic mass is 16.2. The van der Waals surface area contributed by atoms with E-state index in [4.69, 9.17) is 5.26 Å². The average Bonchev–Trinajstić information content (AvgIpc) is 2.63. The van der Waals surface area contributed by atoms with E-state index in [-0.39, 0.29) is 23.8 Å². The van der Waals surface area contributed by atoms with E-state index in [2.05, 4.69) is 15.6 Å². The van der Waals surface area contributed by atoms with Gasteiger partial charge in [-0.2, -0.15) is 5.26 Å². The van der Waals surface area contributed by atoms with Crippen LogP contribution in [0.2, 0.25) is 0 Å². The van der Waals surface area contributed by atoms with Crippen molar-refractivity contribution in [3.63, 3.8) is 0 Å². The van der Waals surface area contributed by atoms with Crippen LogP contribution < -0.4 is 16.2 Å². The Bertz CT molecular complexity index is 953. The first-order chi connectivity index (χ1) is 12.8. The Morgan fingerprint density at radius 3 is 2.15 bits per heavy atom. The zero-order valence-corrected chi connectivity index (χ0v) is 15.6. The van der Waals surface area contributed by atoms with Gasteiger partial charge in [-0.1, -0.05) is 6.92 Å². The lowest BCUT2D eigenvalue weighted by Crippen LogP contribution is -2.18. The molecule has 3 N–H and O–H groups in total. The minimum Gasteiger partial charge on any atom is -0.326 e. The second kappa shape index (κ2) is 8.81. The Morgan fingerprint density at radius 1 is 1.07 bits per heavy atom. The molecule has 0 aliphatic heterocycles. The summed E-state index contributed by atoms with van der Waals surface area (Å²) in [4.78, 5) is 38.0. The van der Waals surface area contributed by atoms with Crippen LogP contribution in [0.3, 0.4) is 0 Å². The van der Waals surface area contributed by atoms with Crippen LogP contribution >= 0.6 is 0 Å². The van der Waals surface area contributed by atoms with Gasteiger partial charge in [0.2, 0.25) is 11.8 Å². The molecule has 140 valence electrons. The topological polar surface area (TPSA) is 115 Å². The fraction of sp³-hybridized carbons (Fsp3) is 0.300. The number of hydrogen-bond acceptors (Lipinski definition) is 4. The summed E-state index contributed by atoms with van der Waals surface area (Å²) >= 11 is 0. The number of carbonyl (C=O) groups is 2. The first-order valence-electron chi connectivity index (χ1n) is 8.68. The highest BCUT2D eigenvalue weighted by molar-refractivity contribution is 5.92. The number of nitrogens with zero attached hydrogens (tertiary/aromatic N) is 1. The van der Waals surface area contributed by atoms with Gasteiger partial charge >= 0.3 is 0 Å². The van der Waals surface area contributed by atoms with E-state index >= 15 is 0 Å². The third kappa shape index (κ3) is 5.05. The van der Waals surface area contributed by atoms with Gasteiger partial charge in [-0.15, -0.1) is 0 Å². The molecule has 2 amide bonds. The quantitative estimate of drug-likeness (QED) is 0.729. The molecule has 0 bridgehead atoms. The van der Waals surface area contributed by atoms with Gasteiger partial charge in [0.15, 0.2) is 0 Å². The maximum absolute atomic E-state index is 12.2. The number of pyridine rings is 1. The van der Waals surface area contributed by atoms with Crippen LogP contribution in [0, 0.1) is 25.2 Å². The Kier molecular flexibility index (Phi) is 6.50. The molecule has 0 spiro atoms. The number of nitriles is 1. The van der Waals surface area contributed by atoms with Crippen LogP contribution in [0.1, 0.15) is 42.1 Å². The van der Waals surface area contributed by atoms with Gasteiger partial charge in [-0.25, -0.2) is 0 Å². The first kappa shape index (κ1) is 19.9. The monoisotopic (exact) mass is 366 g/mol. The summed E-state index contributed by atoms with van der Waals surface area (Å²) in [6.07, 6.45) is 1.03. The molecular weight excluding hydrogens is 344 g/mol. The average molecular weight is 366 g/mol. The van der Waals surface area contributed by atoms with E-state index in [9.17, 15) is 14.4 Å². The van der Waals surface area contributed by atoms with Gasteiger partial charge in [0.05, 0.1) is 0 Å². The zero-order valence-electron chi connectivity index (χ0n) is 15.6. The van der Waals surface area contributed by atoms with Crippen LogP contribution in [-0.4, -0.2) is 16.8 Å². The van der Waals surface area contributed by atoms with E-state index in [0.717, 1.165) is 5.56 Å². The van der Waals surface area contributed by atoms with Crippen molar-refractivity contribution in [3.8, 4) is 6.07 Å². The van der Waals surface area contributed by atoms with Gasteiger partial charge in [0.25, 0.3) is 5.56 Å². The second-order valence-electron chi connectivity index (χ2n) is 6.20. The summed E-state index contributed by atoms with van der Waals surface area (Å²) in [6, 6.07) is 8.78. The molecule has 7 nitrogen and oxygen atoms in total. The summed E-state index contributed by atoms with van der Waals surface area (Å²) in [6.45, 7) is 5.25. The number of hydrogen-bond donors (Lipinski definition) is 3. The molecule has 0 radical (unpaired) electrons. The molecule has 2 aromatic rings. The first-order valence-corrected chi connectivity index (χ1v) is 8.68. The van der Waals surface area contributed by atoms with E-state index < -0.39 is 5.56 Å². The van der Waals surface area contributed by atoms with Crippen LogP contribution in [0.15, 0.2) is 29.1 Å². The predicted molar refractivity (Wildman–Crippen MR) is 104 cm³/mol. The van der Waals surface area contributed by atoms with Crippen molar-refractivity contribution in [3.05, 3.63) is 57.0 Å². The molecule has 1 aromatic carbocycles. The number of H-pyrrole nitrogens is 1. The number of carbonyl (C=O) groups excluding carboxylic acids is 2. The van der Waals surface area contributed by atoms with E-state index in [1.807, 2.05) is 6.07 Å². The summed E-state index contributed by atoms with van der Waals surface area (Å²) in [7, 11) is 0. The van der Waals surface area contributed by atoms with Crippen molar-refractivity contribution in [2.75, 3.05) is 10.6 Å². The van der Waals surface area contributed by atoms with Crippen molar-refractivity contribution < 1.29 is 9.59 Å². The molecule has 1 aromatic heterocycles. The smallest absolute Gasteiger partial charge is 0.266 e. The van der Waals surface area contributed by atoms with Crippen molar-refractivity contribution in [2.24, 2.45) is 0 Å². The number of aromatic amines is 1. The predicted octanol–water partition coefficient (Wildman–Crippen LogP) is 2.78. The zero-order chi connectivity index (χ0) is 20.0. The SMILES string of the molecule is CCC(=O)Nc1ccc(NC(=O)CCc2c(C)[nH]c(=O)c(C#N)c2C)cc1. The Hall–Kier alpha value is -3.40. The van der Waals surface area contributed by atoms with E-state index in [1.54, 1.807) is 45.0 Å². The lowest BCUT2D eigenvalue weighted by atomic mass is 9.99. The van der Waals surface area contributed by atoms with Crippen molar-refractivity contribution in [1.29, 1.82) is 5.26 Å². The lowest BCUT2D eigenvalue weighted by Gasteiger charge is -2.11. The van der Waals surface area contributed by atoms with Crippen molar-refractivity contribution in [1.82, 2.24) is 4.98 Å². The van der Waals surface area contributed by atoms with Crippen molar-refractivity contribution >= 4 is 23.2 Å². The highest BCUT2D eigenvalue weighted by Gasteiger charge is 2.13. The molecule has 1 heterocycles. The van der Waals surface area contributed by atoms with Gasteiger partial charge in [-0.05, 0) is 55.7 Å². The number of aryl methyl sites for hydroxylation is 1. The Labute approximate surface area is 157 Å². The van der Waals surface area contributed by atoms with Crippen molar-refractivity contribution in [2.45, 2.75) is 40.0 Å². The van der Waals surface area contributed by atoms with Crippen LogP contribution in [0.4, 0.5) is 11.4 Å². The number of benzene rings is 1. The Balaban J connectivity index is 2.00. The number of amides is 2. The van der Waals surface area contributed by atoms with Crippen LogP contribution in [0.5, 0.6) is 0 Å². The number of rotatable bonds is 6. The number of aromatic nitrogens is 1. The summed E-state index contributed by atoms with van der Waals surface area (Å²) < 4.78 is 0. The fourth-order valence-corrected chi connectivity index (χ4v) is 2.77. The van der Waals surface area contributed by atoms with Gasteiger partial charge in [0, 0.05) is 29.9 Å². The highest BCUT2D eigenvalue weighted by Crippen LogP contribution is 2.17. The molecule has 0 saturated heterocycles. The Morgan fingerprint density at radius 2 is 1.63 bits per heavy atom. The van der Waals surface area contributed by atoms with Gasteiger partial charge in [0.1, 0.15) is 11.6 Å². The maximum atomic E-state index is 12.2. The summed E-state index contributed by atoms with van der Waals surface area (Å²) in [5.41, 5.74) is 3.06. The molecule has 2 rings (SSSR count). The molecule has 0 unspecified atom stereocenters. The van der Waals surface area contributed by atoms with Crippen LogP contribution in [0.25, 0.3) is 0 Å². The molecular formula is C20H22N4O3.